The first-order chi connectivity index (χ1) is 11.7. The lowest BCUT2D eigenvalue weighted by Crippen LogP contribution is -2.15. The lowest BCUT2D eigenvalue weighted by molar-refractivity contribution is -0.115. The number of benzene rings is 2. The van der Waals surface area contributed by atoms with Crippen molar-refractivity contribution in [1.29, 1.82) is 0 Å². The molecule has 0 saturated carbocycles. The van der Waals surface area contributed by atoms with E-state index in [1.54, 1.807) is 12.1 Å². The molecule has 1 aromatic heterocycles. The van der Waals surface area contributed by atoms with Gasteiger partial charge in [0.15, 0.2) is 5.82 Å². The standard InChI is InChI=1S/C18H18N4O2/c1-2-24-15-10-8-14(9-11-15)19-17(23)12-16-20-18(22-21-16)13-6-4-3-5-7-13/h3-11H,2,12H2,1H3,(H,19,23)(H,20,21,22). The second-order valence-corrected chi connectivity index (χ2v) is 5.15. The van der Waals surface area contributed by atoms with Crippen LogP contribution in [-0.4, -0.2) is 27.7 Å². The van der Waals surface area contributed by atoms with Gasteiger partial charge < -0.3 is 10.1 Å². The molecule has 122 valence electrons. The molecule has 0 unspecified atom stereocenters. The molecule has 2 aromatic carbocycles. The average Bonchev–Trinajstić information content (AvgIpc) is 3.06. The van der Waals surface area contributed by atoms with Gasteiger partial charge in [-0.2, -0.15) is 5.10 Å². The number of carbonyl (C=O) groups is 1. The SMILES string of the molecule is CCOc1ccc(NC(=O)Cc2nc(-c3ccccc3)n[nH]2)cc1. The van der Waals surface area contributed by atoms with Gasteiger partial charge in [0, 0.05) is 11.3 Å². The van der Waals surface area contributed by atoms with Gasteiger partial charge >= 0.3 is 0 Å². The van der Waals surface area contributed by atoms with Crippen LogP contribution in [0.3, 0.4) is 0 Å². The van der Waals surface area contributed by atoms with Gasteiger partial charge in [0.05, 0.1) is 13.0 Å². The van der Waals surface area contributed by atoms with Crippen LogP contribution < -0.4 is 10.1 Å². The molecule has 6 nitrogen and oxygen atoms in total. The summed E-state index contributed by atoms with van der Waals surface area (Å²) in [6.45, 7) is 2.54. The predicted molar refractivity (Wildman–Crippen MR) is 91.8 cm³/mol. The van der Waals surface area contributed by atoms with Gasteiger partial charge in [0.25, 0.3) is 0 Å². The van der Waals surface area contributed by atoms with E-state index in [1.807, 2.05) is 49.4 Å². The summed E-state index contributed by atoms with van der Waals surface area (Å²) < 4.78 is 5.37. The third-order valence-electron chi connectivity index (χ3n) is 3.34. The average molecular weight is 322 g/mol. The van der Waals surface area contributed by atoms with Crippen molar-refractivity contribution < 1.29 is 9.53 Å². The van der Waals surface area contributed by atoms with Crippen molar-refractivity contribution >= 4 is 11.6 Å². The molecule has 2 N–H and O–H groups in total. The molecule has 3 rings (SSSR count). The molecule has 3 aromatic rings. The Bertz CT molecular complexity index is 797. The normalized spacial score (nSPS) is 10.4. The van der Waals surface area contributed by atoms with Crippen LogP contribution in [0.1, 0.15) is 12.7 Å². The Morgan fingerprint density at radius 2 is 1.88 bits per heavy atom. The number of amides is 1. The third kappa shape index (κ3) is 3.98. The number of nitrogens with one attached hydrogen (secondary N) is 2. The summed E-state index contributed by atoms with van der Waals surface area (Å²) in [6, 6.07) is 16.9. The number of nitrogens with zero attached hydrogens (tertiary/aromatic N) is 2. The monoisotopic (exact) mass is 322 g/mol. The van der Waals surface area contributed by atoms with Crippen molar-refractivity contribution in [3.63, 3.8) is 0 Å². The minimum Gasteiger partial charge on any atom is -0.494 e. The minimum atomic E-state index is -0.157. The first kappa shape index (κ1) is 15.7. The second kappa shape index (κ2) is 7.41. The molecule has 1 amide bonds. The highest BCUT2D eigenvalue weighted by atomic mass is 16.5. The number of aromatic nitrogens is 3. The van der Waals surface area contributed by atoms with Crippen LogP contribution in [0, 0.1) is 0 Å². The summed E-state index contributed by atoms with van der Waals surface area (Å²) in [6.07, 6.45) is 0.132. The van der Waals surface area contributed by atoms with Crippen molar-refractivity contribution in [3.05, 3.63) is 60.4 Å². The van der Waals surface area contributed by atoms with Crippen LogP contribution in [0.25, 0.3) is 11.4 Å². The van der Waals surface area contributed by atoms with Gasteiger partial charge in [-0.15, -0.1) is 0 Å². The number of hydrogen-bond donors (Lipinski definition) is 2. The summed E-state index contributed by atoms with van der Waals surface area (Å²) in [7, 11) is 0. The molecule has 0 atom stereocenters. The Hall–Kier alpha value is -3.15. The summed E-state index contributed by atoms with van der Waals surface area (Å²) in [5.41, 5.74) is 1.62. The number of carbonyl (C=O) groups excluding carboxylic acids is 1. The van der Waals surface area contributed by atoms with Crippen molar-refractivity contribution in [3.8, 4) is 17.1 Å². The Kier molecular flexibility index (Phi) is 4.86. The molecule has 0 fully saturated rings. The Morgan fingerprint density at radius 1 is 1.12 bits per heavy atom. The Labute approximate surface area is 139 Å². The van der Waals surface area contributed by atoms with Gasteiger partial charge in [-0.3, -0.25) is 9.89 Å². The number of H-pyrrole nitrogens is 1. The fourth-order valence-electron chi connectivity index (χ4n) is 2.25. The Balaban J connectivity index is 1.60. The van der Waals surface area contributed by atoms with Crippen molar-refractivity contribution in [2.45, 2.75) is 13.3 Å². The first-order valence-electron chi connectivity index (χ1n) is 7.74. The fraction of sp³-hybridized carbons (Fsp3) is 0.167. The molecule has 24 heavy (non-hydrogen) atoms. The highest BCUT2D eigenvalue weighted by molar-refractivity contribution is 5.91. The first-order valence-corrected chi connectivity index (χ1v) is 7.74. The van der Waals surface area contributed by atoms with Crippen LogP contribution in [0.4, 0.5) is 5.69 Å². The third-order valence-corrected chi connectivity index (χ3v) is 3.34. The molecule has 0 aliphatic rings. The highest BCUT2D eigenvalue weighted by Crippen LogP contribution is 2.16. The van der Waals surface area contributed by atoms with Gasteiger partial charge in [-0.25, -0.2) is 4.98 Å². The van der Waals surface area contributed by atoms with Crippen LogP contribution in [0.2, 0.25) is 0 Å². The van der Waals surface area contributed by atoms with Crippen molar-refractivity contribution in [2.24, 2.45) is 0 Å². The van der Waals surface area contributed by atoms with Gasteiger partial charge in [-0.1, -0.05) is 30.3 Å². The van der Waals surface area contributed by atoms with E-state index in [1.165, 1.54) is 0 Å². The molecular weight excluding hydrogens is 304 g/mol. The summed E-state index contributed by atoms with van der Waals surface area (Å²) >= 11 is 0. The summed E-state index contributed by atoms with van der Waals surface area (Å²) in [5.74, 6) is 1.73. The largest absolute Gasteiger partial charge is 0.494 e. The molecule has 0 bridgehead atoms. The van der Waals surface area contributed by atoms with Crippen LogP contribution in [0.15, 0.2) is 54.6 Å². The van der Waals surface area contributed by atoms with E-state index in [9.17, 15) is 4.79 Å². The maximum atomic E-state index is 12.1. The van der Waals surface area contributed by atoms with E-state index in [-0.39, 0.29) is 12.3 Å². The van der Waals surface area contributed by atoms with E-state index in [0.717, 1.165) is 11.3 Å². The predicted octanol–water partition coefficient (Wildman–Crippen LogP) is 3.05. The van der Waals surface area contributed by atoms with Gasteiger partial charge in [-0.05, 0) is 31.2 Å². The summed E-state index contributed by atoms with van der Waals surface area (Å²) in [4.78, 5) is 16.5. The molecule has 0 spiro atoms. The number of anilines is 1. The van der Waals surface area contributed by atoms with Gasteiger partial charge in [0.2, 0.25) is 5.91 Å². The zero-order valence-electron chi connectivity index (χ0n) is 13.3. The van der Waals surface area contributed by atoms with Crippen LogP contribution >= 0.6 is 0 Å². The molecular formula is C18H18N4O2. The second-order valence-electron chi connectivity index (χ2n) is 5.15. The number of hydrogen-bond acceptors (Lipinski definition) is 4. The van der Waals surface area contributed by atoms with E-state index >= 15 is 0 Å². The quantitative estimate of drug-likeness (QED) is 0.731. The van der Waals surface area contributed by atoms with E-state index in [0.29, 0.717) is 23.9 Å². The fourth-order valence-corrected chi connectivity index (χ4v) is 2.25. The van der Waals surface area contributed by atoms with Crippen molar-refractivity contribution in [2.75, 3.05) is 11.9 Å². The number of rotatable bonds is 6. The summed E-state index contributed by atoms with van der Waals surface area (Å²) in [5, 5.41) is 9.78. The van der Waals surface area contributed by atoms with Gasteiger partial charge in [0.1, 0.15) is 11.6 Å². The molecule has 0 aliphatic carbocycles. The highest BCUT2D eigenvalue weighted by Gasteiger charge is 2.10. The molecule has 0 aliphatic heterocycles. The van der Waals surface area contributed by atoms with E-state index in [2.05, 4.69) is 20.5 Å². The van der Waals surface area contributed by atoms with E-state index in [4.69, 9.17) is 4.74 Å². The van der Waals surface area contributed by atoms with E-state index < -0.39 is 0 Å². The molecule has 6 heteroatoms. The Morgan fingerprint density at radius 3 is 2.58 bits per heavy atom. The topological polar surface area (TPSA) is 79.9 Å². The number of ether oxygens (including phenoxy) is 1. The minimum absolute atomic E-state index is 0.132. The maximum absolute atomic E-state index is 12.1. The van der Waals surface area contributed by atoms with Crippen LogP contribution in [0.5, 0.6) is 5.75 Å². The lowest BCUT2D eigenvalue weighted by atomic mass is 10.2. The lowest BCUT2D eigenvalue weighted by Gasteiger charge is -2.06. The smallest absolute Gasteiger partial charge is 0.232 e. The number of aromatic amines is 1. The zero-order chi connectivity index (χ0) is 16.8. The maximum Gasteiger partial charge on any atom is 0.232 e. The zero-order valence-corrected chi connectivity index (χ0v) is 13.3. The van der Waals surface area contributed by atoms with Crippen molar-refractivity contribution in [1.82, 2.24) is 15.2 Å². The molecule has 1 heterocycles. The molecule has 0 saturated heterocycles. The molecule has 0 radical (unpaired) electrons. The van der Waals surface area contributed by atoms with Crippen LogP contribution in [-0.2, 0) is 11.2 Å².